The number of benzene rings is 2. The Hall–Kier alpha value is -2.05. The zero-order valence-corrected chi connectivity index (χ0v) is 13.2. The zero-order chi connectivity index (χ0) is 17.3. The van der Waals surface area contributed by atoms with Gasteiger partial charge in [-0.15, -0.1) is 0 Å². The van der Waals surface area contributed by atoms with E-state index in [2.05, 4.69) is 0 Å². The Labute approximate surface area is 141 Å². The number of ether oxygens (including phenoxy) is 1. The standard InChI is InChI=1S/C17H13ClF3NO2/c18-11-3-1-10(2-4-11)14-9-22(7-8-24-14)17(23)12-5-6-13(19)16(21)15(12)20/h1-6,14H,7-9H2. The monoisotopic (exact) mass is 355 g/mol. The molecule has 1 aliphatic heterocycles. The average molecular weight is 356 g/mol. The molecule has 2 aromatic rings. The van der Waals surface area contributed by atoms with Crippen LogP contribution < -0.4 is 0 Å². The van der Waals surface area contributed by atoms with Crippen LogP contribution in [0.2, 0.25) is 5.02 Å². The third-order valence-electron chi connectivity index (χ3n) is 3.86. The second-order valence-electron chi connectivity index (χ2n) is 5.39. The normalized spacial score (nSPS) is 17.8. The molecule has 126 valence electrons. The van der Waals surface area contributed by atoms with Crippen molar-refractivity contribution in [1.82, 2.24) is 4.90 Å². The topological polar surface area (TPSA) is 29.5 Å². The Morgan fingerprint density at radius 2 is 1.79 bits per heavy atom. The summed E-state index contributed by atoms with van der Waals surface area (Å²) in [6.07, 6.45) is -0.395. The van der Waals surface area contributed by atoms with E-state index < -0.39 is 35.0 Å². The van der Waals surface area contributed by atoms with E-state index in [-0.39, 0.29) is 19.7 Å². The quantitative estimate of drug-likeness (QED) is 0.763. The fourth-order valence-electron chi connectivity index (χ4n) is 2.57. The van der Waals surface area contributed by atoms with Gasteiger partial charge in [-0.2, -0.15) is 0 Å². The Kier molecular flexibility index (Phi) is 4.78. The van der Waals surface area contributed by atoms with Crippen molar-refractivity contribution < 1.29 is 22.7 Å². The first-order valence-corrected chi connectivity index (χ1v) is 7.65. The van der Waals surface area contributed by atoms with Crippen molar-refractivity contribution in [3.05, 3.63) is 70.0 Å². The lowest BCUT2D eigenvalue weighted by Gasteiger charge is -2.33. The van der Waals surface area contributed by atoms with Gasteiger partial charge >= 0.3 is 0 Å². The van der Waals surface area contributed by atoms with Gasteiger partial charge in [-0.1, -0.05) is 23.7 Å². The number of hydrogen-bond acceptors (Lipinski definition) is 2. The molecule has 0 saturated carbocycles. The Morgan fingerprint density at radius 3 is 2.50 bits per heavy atom. The molecule has 7 heteroatoms. The Morgan fingerprint density at radius 1 is 1.08 bits per heavy atom. The summed E-state index contributed by atoms with van der Waals surface area (Å²) in [6.45, 7) is 0.671. The summed E-state index contributed by atoms with van der Waals surface area (Å²) in [5, 5.41) is 0.575. The van der Waals surface area contributed by atoms with Crippen LogP contribution in [0, 0.1) is 17.5 Å². The summed E-state index contributed by atoms with van der Waals surface area (Å²) in [4.78, 5) is 13.8. The van der Waals surface area contributed by atoms with Gasteiger partial charge in [-0.05, 0) is 29.8 Å². The van der Waals surface area contributed by atoms with Gasteiger partial charge in [0.25, 0.3) is 5.91 Å². The molecular formula is C17H13ClF3NO2. The van der Waals surface area contributed by atoms with Gasteiger partial charge in [0.15, 0.2) is 17.5 Å². The molecule has 0 aromatic heterocycles. The minimum absolute atomic E-state index is 0.179. The highest BCUT2D eigenvalue weighted by Crippen LogP contribution is 2.25. The molecule has 1 unspecified atom stereocenters. The summed E-state index contributed by atoms with van der Waals surface area (Å²) < 4.78 is 45.8. The van der Waals surface area contributed by atoms with Crippen LogP contribution in [0.1, 0.15) is 22.0 Å². The number of morpholine rings is 1. The summed E-state index contributed by atoms with van der Waals surface area (Å²) >= 11 is 5.84. The third-order valence-corrected chi connectivity index (χ3v) is 4.11. The van der Waals surface area contributed by atoms with E-state index in [9.17, 15) is 18.0 Å². The van der Waals surface area contributed by atoms with Crippen LogP contribution in [0.15, 0.2) is 36.4 Å². The predicted octanol–water partition coefficient (Wildman–Crippen LogP) is 3.97. The van der Waals surface area contributed by atoms with E-state index in [0.717, 1.165) is 17.7 Å². The average Bonchev–Trinajstić information content (AvgIpc) is 2.60. The van der Waals surface area contributed by atoms with Gasteiger partial charge in [0.05, 0.1) is 18.7 Å². The van der Waals surface area contributed by atoms with Crippen LogP contribution in [0.4, 0.5) is 13.2 Å². The minimum atomic E-state index is -1.65. The number of nitrogens with zero attached hydrogens (tertiary/aromatic N) is 1. The van der Waals surface area contributed by atoms with Gasteiger partial charge in [-0.25, -0.2) is 13.2 Å². The first-order chi connectivity index (χ1) is 11.5. The van der Waals surface area contributed by atoms with Gasteiger partial charge in [0.1, 0.15) is 6.10 Å². The maximum Gasteiger partial charge on any atom is 0.257 e. The maximum atomic E-state index is 13.8. The van der Waals surface area contributed by atoms with Crippen LogP contribution in [-0.2, 0) is 4.74 Å². The molecule has 1 atom stereocenters. The van der Waals surface area contributed by atoms with E-state index in [1.54, 1.807) is 24.3 Å². The summed E-state index contributed by atoms with van der Waals surface area (Å²) in [5.74, 6) is -5.16. The molecule has 1 amide bonds. The SMILES string of the molecule is O=C(c1ccc(F)c(F)c1F)N1CCOC(c2ccc(Cl)cc2)C1. The van der Waals surface area contributed by atoms with Crippen molar-refractivity contribution in [2.45, 2.75) is 6.10 Å². The second-order valence-corrected chi connectivity index (χ2v) is 5.82. The molecule has 1 heterocycles. The van der Waals surface area contributed by atoms with E-state index in [0.29, 0.717) is 5.02 Å². The summed E-state index contributed by atoms with van der Waals surface area (Å²) in [6, 6.07) is 8.65. The van der Waals surface area contributed by atoms with E-state index in [4.69, 9.17) is 16.3 Å². The van der Waals surface area contributed by atoms with Crippen molar-refractivity contribution in [1.29, 1.82) is 0 Å². The van der Waals surface area contributed by atoms with Crippen LogP contribution in [0.5, 0.6) is 0 Å². The molecule has 24 heavy (non-hydrogen) atoms. The van der Waals surface area contributed by atoms with Crippen LogP contribution in [-0.4, -0.2) is 30.5 Å². The van der Waals surface area contributed by atoms with Gasteiger partial charge < -0.3 is 9.64 Å². The largest absolute Gasteiger partial charge is 0.370 e. The molecule has 1 saturated heterocycles. The lowest BCUT2D eigenvalue weighted by atomic mass is 10.1. The van der Waals surface area contributed by atoms with Crippen molar-refractivity contribution in [2.75, 3.05) is 19.7 Å². The second kappa shape index (κ2) is 6.83. The highest BCUT2D eigenvalue weighted by Gasteiger charge is 2.29. The van der Waals surface area contributed by atoms with Crippen molar-refractivity contribution in [3.63, 3.8) is 0 Å². The molecule has 1 fully saturated rings. The van der Waals surface area contributed by atoms with E-state index in [1.165, 1.54) is 4.90 Å². The first-order valence-electron chi connectivity index (χ1n) is 7.27. The van der Waals surface area contributed by atoms with Crippen molar-refractivity contribution >= 4 is 17.5 Å². The number of rotatable bonds is 2. The lowest BCUT2D eigenvalue weighted by Crippen LogP contribution is -2.42. The van der Waals surface area contributed by atoms with Crippen molar-refractivity contribution in [3.8, 4) is 0 Å². The fourth-order valence-corrected chi connectivity index (χ4v) is 2.70. The number of carbonyl (C=O) groups is 1. The lowest BCUT2D eigenvalue weighted by molar-refractivity contribution is -0.0230. The molecule has 3 rings (SSSR count). The number of amides is 1. The molecule has 0 N–H and O–H groups in total. The number of hydrogen-bond donors (Lipinski definition) is 0. The Bertz CT molecular complexity index is 767. The Balaban J connectivity index is 1.81. The van der Waals surface area contributed by atoms with Gasteiger partial charge in [-0.3, -0.25) is 4.79 Å². The molecular weight excluding hydrogens is 343 g/mol. The third kappa shape index (κ3) is 3.25. The van der Waals surface area contributed by atoms with Crippen LogP contribution in [0.25, 0.3) is 0 Å². The predicted molar refractivity (Wildman–Crippen MR) is 82.4 cm³/mol. The summed E-state index contributed by atoms with van der Waals surface area (Å²) in [7, 11) is 0. The molecule has 0 aliphatic carbocycles. The molecule has 0 radical (unpaired) electrons. The number of carbonyl (C=O) groups excluding carboxylic acids is 1. The van der Waals surface area contributed by atoms with Gasteiger partial charge in [0.2, 0.25) is 0 Å². The van der Waals surface area contributed by atoms with Gasteiger partial charge in [0, 0.05) is 11.6 Å². The van der Waals surface area contributed by atoms with E-state index in [1.807, 2.05) is 0 Å². The molecule has 0 bridgehead atoms. The number of halogens is 4. The molecule has 0 spiro atoms. The highest BCUT2D eigenvalue weighted by molar-refractivity contribution is 6.30. The van der Waals surface area contributed by atoms with E-state index >= 15 is 0 Å². The zero-order valence-electron chi connectivity index (χ0n) is 12.4. The van der Waals surface area contributed by atoms with Crippen LogP contribution in [0.3, 0.4) is 0 Å². The fraction of sp³-hybridized carbons (Fsp3) is 0.235. The molecule has 1 aliphatic rings. The first kappa shape index (κ1) is 16.8. The maximum absolute atomic E-state index is 13.8. The highest BCUT2D eigenvalue weighted by atomic mass is 35.5. The molecule has 2 aromatic carbocycles. The summed E-state index contributed by atoms with van der Waals surface area (Å²) in [5.41, 5.74) is 0.327. The van der Waals surface area contributed by atoms with Crippen molar-refractivity contribution in [2.24, 2.45) is 0 Å². The molecule has 3 nitrogen and oxygen atoms in total. The van der Waals surface area contributed by atoms with Crippen LogP contribution >= 0.6 is 11.6 Å². The smallest absolute Gasteiger partial charge is 0.257 e. The minimum Gasteiger partial charge on any atom is -0.370 e.